The second-order valence-electron chi connectivity index (χ2n) is 9.71. The average Bonchev–Trinajstić information content (AvgIpc) is 3.58. The summed E-state index contributed by atoms with van der Waals surface area (Å²) in [7, 11) is 0. The van der Waals surface area contributed by atoms with E-state index in [0.29, 0.717) is 5.92 Å². The molecule has 4 aromatic rings. The standard InChI is InChI=1S/C24H30N4O3.C5H5N/c1-17-12-23(30)25-22-4-2-19(13-21(17)22)28-20(15-26-8-10-31-11-9-26)3-5-24(28)27-7-6-18(14-27)16-29;1-2-4-6-5-3-1/h2-5,12-13,18,29H,6-11,14-16H2,1H3,(H,25,30);1-5H. The van der Waals surface area contributed by atoms with Crippen molar-refractivity contribution < 1.29 is 14.9 Å². The predicted octanol–water partition coefficient (Wildman–Crippen LogP) is 3.77. The van der Waals surface area contributed by atoms with Crippen molar-refractivity contribution in [1.82, 2.24) is 19.4 Å². The van der Waals surface area contributed by atoms with Crippen LogP contribution in [0, 0.1) is 12.8 Å². The molecule has 2 saturated heterocycles. The number of anilines is 1. The van der Waals surface area contributed by atoms with Crippen LogP contribution in [0.4, 0.5) is 5.82 Å². The van der Waals surface area contributed by atoms with E-state index in [2.05, 4.69) is 48.6 Å². The van der Waals surface area contributed by atoms with Gasteiger partial charge in [0.25, 0.3) is 0 Å². The van der Waals surface area contributed by atoms with Crippen LogP contribution in [0.2, 0.25) is 0 Å². The number of fused-ring (bicyclic) bond motifs is 1. The number of aryl methyl sites for hydroxylation is 1. The fraction of sp³-hybridized carbons (Fsp3) is 0.379. The van der Waals surface area contributed by atoms with E-state index >= 15 is 0 Å². The number of benzene rings is 1. The summed E-state index contributed by atoms with van der Waals surface area (Å²) in [5.74, 6) is 1.56. The molecule has 2 aliphatic heterocycles. The highest BCUT2D eigenvalue weighted by atomic mass is 16.5. The van der Waals surface area contributed by atoms with Gasteiger partial charge in [-0.25, -0.2) is 4.98 Å². The number of pyridine rings is 2. The minimum Gasteiger partial charge on any atom is -0.493 e. The fourth-order valence-corrected chi connectivity index (χ4v) is 5.13. The normalized spacial score (nSPS) is 18.1. The van der Waals surface area contributed by atoms with Gasteiger partial charge in [-0.15, -0.1) is 0 Å². The van der Waals surface area contributed by atoms with Crippen LogP contribution in [0.15, 0.2) is 67.0 Å². The van der Waals surface area contributed by atoms with Gasteiger partial charge in [0, 0.05) is 80.5 Å². The summed E-state index contributed by atoms with van der Waals surface area (Å²) in [5.41, 5.74) is 4.15. The molecule has 3 aromatic heterocycles. The number of hydrogen-bond donors (Lipinski definition) is 2. The van der Waals surface area contributed by atoms with Crippen molar-refractivity contribution in [3.8, 4) is 11.6 Å². The number of rotatable bonds is 5. The Morgan fingerprint density at radius 1 is 1.00 bits per heavy atom. The first kappa shape index (κ1) is 25.2. The molecule has 0 aliphatic carbocycles. The molecule has 0 bridgehead atoms. The maximum atomic E-state index is 9.87. The molecule has 0 amide bonds. The van der Waals surface area contributed by atoms with Crippen molar-refractivity contribution in [2.24, 2.45) is 5.92 Å². The first-order valence-corrected chi connectivity index (χ1v) is 12.9. The molecule has 8 nitrogen and oxygen atoms in total. The Morgan fingerprint density at radius 3 is 2.49 bits per heavy atom. The van der Waals surface area contributed by atoms with Crippen LogP contribution in [-0.4, -0.2) is 75.6 Å². The van der Waals surface area contributed by atoms with E-state index in [1.807, 2.05) is 31.2 Å². The first-order chi connectivity index (χ1) is 18.1. The molecule has 5 heterocycles. The predicted molar refractivity (Wildman–Crippen MR) is 145 cm³/mol. The average molecular weight is 502 g/mol. The third kappa shape index (κ3) is 5.93. The molecule has 1 aromatic carbocycles. The van der Waals surface area contributed by atoms with Crippen LogP contribution < -0.4 is 4.90 Å². The third-order valence-corrected chi connectivity index (χ3v) is 7.11. The summed E-state index contributed by atoms with van der Waals surface area (Å²) in [6.45, 7) is 8.38. The van der Waals surface area contributed by atoms with Gasteiger partial charge in [-0.1, -0.05) is 6.07 Å². The Balaban J connectivity index is 0.000000412. The van der Waals surface area contributed by atoms with Gasteiger partial charge in [0.2, 0.25) is 5.88 Å². The van der Waals surface area contributed by atoms with Crippen LogP contribution in [-0.2, 0) is 11.3 Å². The van der Waals surface area contributed by atoms with Crippen LogP contribution in [0.5, 0.6) is 5.88 Å². The SMILES string of the molecule is Cc1cc(O)nc2ccc(-n3c(CN4CCOCC4)ccc3N3CCC(CO)C3)cc12.c1ccncc1. The highest BCUT2D eigenvalue weighted by molar-refractivity contribution is 5.85. The molecule has 6 rings (SSSR count). The van der Waals surface area contributed by atoms with Gasteiger partial charge in [-0.05, 0) is 61.4 Å². The van der Waals surface area contributed by atoms with Crippen molar-refractivity contribution in [1.29, 1.82) is 0 Å². The number of morpholine rings is 1. The molecule has 1 unspecified atom stereocenters. The zero-order valence-corrected chi connectivity index (χ0v) is 21.3. The van der Waals surface area contributed by atoms with E-state index in [9.17, 15) is 10.2 Å². The van der Waals surface area contributed by atoms with E-state index in [0.717, 1.165) is 74.5 Å². The maximum Gasteiger partial charge on any atom is 0.211 e. The monoisotopic (exact) mass is 501 g/mol. The molecule has 2 aliphatic rings. The Labute approximate surface area is 217 Å². The van der Waals surface area contributed by atoms with Crippen molar-refractivity contribution in [3.05, 3.63) is 78.2 Å². The second kappa shape index (κ2) is 11.7. The third-order valence-electron chi connectivity index (χ3n) is 7.11. The summed E-state index contributed by atoms with van der Waals surface area (Å²) in [6.07, 6.45) is 4.51. The summed E-state index contributed by atoms with van der Waals surface area (Å²) in [5, 5.41) is 20.5. The number of aliphatic hydroxyl groups excluding tert-OH is 1. The number of hydrogen-bond acceptors (Lipinski definition) is 7. The number of ether oxygens (including phenoxy) is 1. The molecule has 0 spiro atoms. The molecule has 194 valence electrons. The Morgan fingerprint density at radius 2 is 1.81 bits per heavy atom. The lowest BCUT2D eigenvalue weighted by Gasteiger charge is -2.28. The van der Waals surface area contributed by atoms with E-state index in [1.165, 1.54) is 11.5 Å². The quantitative estimate of drug-likeness (QED) is 0.430. The van der Waals surface area contributed by atoms with Gasteiger partial charge in [0.05, 0.1) is 18.7 Å². The van der Waals surface area contributed by atoms with Gasteiger partial charge in [0.15, 0.2) is 0 Å². The highest BCUT2D eigenvalue weighted by Gasteiger charge is 2.26. The van der Waals surface area contributed by atoms with Crippen LogP contribution in [0.1, 0.15) is 17.7 Å². The molecule has 2 fully saturated rings. The van der Waals surface area contributed by atoms with Gasteiger partial charge in [-0.2, -0.15) is 0 Å². The van der Waals surface area contributed by atoms with Crippen molar-refractivity contribution >= 4 is 16.7 Å². The zero-order chi connectivity index (χ0) is 25.6. The molecule has 1 atom stereocenters. The number of aromatic hydroxyl groups is 1. The lowest BCUT2D eigenvalue weighted by Crippen LogP contribution is -2.36. The van der Waals surface area contributed by atoms with Gasteiger partial charge in [-0.3, -0.25) is 14.5 Å². The Hall–Kier alpha value is -3.46. The lowest BCUT2D eigenvalue weighted by molar-refractivity contribution is 0.0334. The van der Waals surface area contributed by atoms with Crippen LogP contribution in [0.3, 0.4) is 0 Å². The lowest BCUT2D eigenvalue weighted by atomic mass is 10.1. The van der Waals surface area contributed by atoms with Crippen molar-refractivity contribution in [2.75, 3.05) is 50.9 Å². The molecule has 2 N–H and O–H groups in total. The largest absolute Gasteiger partial charge is 0.493 e. The zero-order valence-electron chi connectivity index (χ0n) is 21.3. The van der Waals surface area contributed by atoms with E-state index < -0.39 is 0 Å². The molecular formula is C29H35N5O3. The summed E-state index contributed by atoms with van der Waals surface area (Å²) < 4.78 is 7.87. The smallest absolute Gasteiger partial charge is 0.211 e. The topological polar surface area (TPSA) is 86.9 Å². The van der Waals surface area contributed by atoms with Crippen molar-refractivity contribution in [2.45, 2.75) is 19.9 Å². The highest BCUT2D eigenvalue weighted by Crippen LogP contribution is 2.32. The minimum absolute atomic E-state index is 0.0551. The maximum absolute atomic E-state index is 9.87. The Kier molecular flexibility index (Phi) is 7.99. The van der Waals surface area contributed by atoms with E-state index in [4.69, 9.17) is 4.74 Å². The number of aliphatic hydroxyl groups is 1. The first-order valence-electron chi connectivity index (χ1n) is 12.9. The fourth-order valence-electron chi connectivity index (χ4n) is 5.13. The van der Waals surface area contributed by atoms with E-state index in [-0.39, 0.29) is 12.5 Å². The molecule has 0 saturated carbocycles. The summed E-state index contributed by atoms with van der Waals surface area (Å²) in [6, 6.07) is 18.1. The van der Waals surface area contributed by atoms with Crippen LogP contribution in [0.25, 0.3) is 16.6 Å². The molecule has 8 heteroatoms. The summed E-state index contributed by atoms with van der Waals surface area (Å²) in [4.78, 5) is 12.9. The summed E-state index contributed by atoms with van der Waals surface area (Å²) >= 11 is 0. The minimum atomic E-state index is 0.0551. The second-order valence-corrected chi connectivity index (χ2v) is 9.71. The van der Waals surface area contributed by atoms with E-state index in [1.54, 1.807) is 18.5 Å². The van der Waals surface area contributed by atoms with Gasteiger partial charge < -0.3 is 19.8 Å². The molecule has 37 heavy (non-hydrogen) atoms. The van der Waals surface area contributed by atoms with Crippen LogP contribution >= 0.6 is 0 Å². The molecule has 0 radical (unpaired) electrons. The number of aromatic nitrogens is 3. The van der Waals surface area contributed by atoms with Gasteiger partial charge >= 0.3 is 0 Å². The Bertz CT molecular complexity index is 1280. The van der Waals surface area contributed by atoms with Gasteiger partial charge in [0.1, 0.15) is 5.82 Å². The molecular weight excluding hydrogens is 466 g/mol. The van der Waals surface area contributed by atoms with Crippen molar-refractivity contribution in [3.63, 3.8) is 0 Å². The number of nitrogens with zero attached hydrogens (tertiary/aromatic N) is 5.